The van der Waals surface area contributed by atoms with Crippen LogP contribution >= 0.6 is 22.9 Å². The number of fused-ring (bicyclic) bond motifs is 1. The highest BCUT2D eigenvalue weighted by Gasteiger charge is 2.14. The van der Waals surface area contributed by atoms with Crippen molar-refractivity contribution in [3.63, 3.8) is 0 Å². The monoisotopic (exact) mass is 333 g/mol. The van der Waals surface area contributed by atoms with E-state index in [0.29, 0.717) is 21.5 Å². The lowest BCUT2D eigenvalue weighted by molar-refractivity contribution is -0.112. The molecule has 0 atom stereocenters. The fourth-order valence-electron chi connectivity index (χ4n) is 1.89. The number of amides is 1. The molecule has 0 fully saturated rings. The van der Waals surface area contributed by atoms with Gasteiger partial charge in [-0.2, -0.15) is 0 Å². The summed E-state index contributed by atoms with van der Waals surface area (Å²) in [5.41, 5.74) is 1.20. The highest BCUT2D eigenvalue weighted by atomic mass is 35.5. The molecule has 3 rings (SSSR count). The molecular formula is C15H12ClN3O2S. The Morgan fingerprint density at radius 1 is 1.41 bits per heavy atom. The van der Waals surface area contributed by atoms with Crippen molar-refractivity contribution >= 4 is 40.1 Å². The van der Waals surface area contributed by atoms with Crippen LogP contribution in [0.5, 0.6) is 5.75 Å². The fourth-order valence-corrected chi connectivity index (χ4v) is 2.75. The molecule has 7 heteroatoms. The van der Waals surface area contributed by atoms with Gasteiger partial charge in [-0.1, -0.05) is 29.9 Å². The molecular weight excluding hydrogens is 322 g/mol. The predicted octanol–water partition coefficient (Wildman–Crippen LogP) is 3.68. The maximum Gasteiger partial charge on any atom is 0.257 e. The van der Waals surface area contributed by atoms with Crippen LogP contribution in [0.2, 0.25) is 5.02 Å². The second-order valence-corrected chi connectivity index (χ2v) is 6.01. The highest BCUT2D eigenvalue weighted by Crippen LogP contribution is 2.28. The molecule has 0 saturated heterocycles. The number of nitrogens with zero attached hydrogens (tertiary/aromatic N) is 2. The molecule has 22 heavy (non-hydrogen) atoms. The zero-order valence-corrected chi connectivity index (χ0v) is 13.2. The molecule has 2 aromatic rings. The third-order valence-electron chi connectivity index (χ3n) is 2.98. The summed E-state index contributed by atoms with van der Waals surface area (Å²) in [6.07, 6.45) is 5.59. The number of aromatic nitrogens is 2. The summed E-state index contributed by atoms with van der Waals surface area (Å²) < 4.78 is 5.46. The molecule has 1 aromatic carbocycles. The quantitative estimate of drug-likeness (QED) is 0.930. The van der Waals surface area contributed by atoms with Gasteiger partial charge >= 0.3 is 0 Å². The van der Waals surface area contributed by atoms with Crippen molar-refractivity contribution in [3.05, 3.63) is 51.7 Å². The topological polar surface area (TPSA) is 64.1 Å². The van der Waals surface area contributed by atoms with E-state index in [1.807, 2.05) is 6.92 Å². The second-order valence-electron chi connectivity index (χ2n) is 4.51. The fraction of sp³-hybridized carbons (Fsp3) is 0.133. The van der Waals surface area contributed by atoms with Crippen LogP contribution in [0.15, 0.2) is 36.1 Å². The molecule has 2 heterocycles. The number of nitrogens with one attached hydrogen (secondary N) is 1. The van der Waals surface area contributed by atoms with Crippen molar-refractivity contribution in [1.29, 1.82) is 0 Å². The highest BCUT2D eigenvalue weighted by molar-refractivity contribution is 7.15. The Morgan fingerprint density at radius 2 is 2.27 bits per heavy atom. The van der Waals surface area contributed by atoms with E-state index in [2.05, 4.69) is 15.5 Å². The number of hydrogen-bond donors (Lipinski definition) is 1. The van der Waals surface area contributed by atoms with Crippen LogP contribution in [0.1, 0.15) is 17.5 Å². The van der Waals surface area contributed by atoms with Gasteiger partial charge in [0.1, 0.15) is 10.8 Å². The van der Waals surface area contributed by atoms with E-state index in [4.69, 9.17) is 16.3 Å². The van der Waals surface area contributed by atoms with Crippen molar-refractivity contribution in [3.8, 4) is 5.75 Å². The van der Waals surface area contributed by atoms with E-state index in [-0.39, 0.29) is 5.91 Å². The minimum Gasteiger partial charge on any atom is -0.464 e. The Balaban J connectivity index is 1.85. The Hall–Kier alpha value is -2.18. The lowest BCUT2D eigenvalue weighted by Gasteiger charge is -2.03. The zero-order valence-electron chi connectivity index (χ0n) is 11.7. The zero-order chi connectivity index (χ0) is 15.5. The van der Waals surface area contributed by atoms with Gasteiger partial charge in [-0.15, -0.1) is 10.2 Å². The summed E-state index contributed by atoms with van der Waals surface area (Å²) in [6, 6.07) is 5.25. The third-order valence-corrected chi connectivity index (χ3v) is 4.20. The van der Waals surface area contributed by atoms with Crippen molar-refractivity contribution in [2.75, 3.05) is 5.32 Å². The first kappa shape index (κ1) is 14.7. The molecule has 1 aliphatic rings. The molecule has 5 nitrogen and oxygen atoms in total. The molecule has 1 amide bonds. The largest absolute Gasteiger partial charge is 0.464 e. The standard InChI is InChI=1S/C15H12ClN3O2S/c1-2-13-18-19-15(22-13)17-14(20)9-5-6-21-12-4-3-11(16)8-10(12)7-9/h3-8H,2H2,1H3,(H,17,19,20). The van der Waals surface area contributed by atoms with Crippen molar-refractivity contribution < 1.29 is 9.53 Å². The number of aryl methyl sites for hydroxylation is 1. The molecule has 0 aliphatic carbocycles. The van der Waals surface area contributed by atoms with E-state index in [9.17, 15) is 4.79 Å². The third kappa shape index (κ3) is 3.18. The lowest BCUT2D eigenvalue weighted by Crippen LogP contribution is -2.12. The molecule has 0 spiro atoms. The van der Waals surface area contributed by atoms with Gasteiger partial charge in [-0.05, 0) is 36.8 Å². The second kappa shape index (κ2) is 6.29. The van der Waals surface area contributed by atoms with Crippen LogP contribution in [0.25, 0.3) is 6.08 Å². The number of rotatable bonds is 3. The van der Waals surface area contributed by atoms with E-state index in [1.165, 1.54) is 17.6 Å². The Kier molecular flexibility index (Phi) is 4.22. The number of carbonyl (C=O) groups is 1. The van der Waals surface area contributed by atoms with Gasteiger partial charge in [0, 0.05) is 16.2 Å². The van der Waals surface area contributed by atoms with Gasteiger partial charge < -0.3 is 4.74 Å². The number of ether oxygens (including phenoxy) is 1. The van der Waals surface area contributed by atoms with Crippen LogP contribution in [0.3, 0.4) is 0 Å². The lowest BCUT2D eigenvalue weighted by atomic mass is 10.1. The number of carbonyl (C=O) groups excluding carboxylic acids is 1. The van der Waals surface area contributed by atoms with Crippen molar-refractivity contribution in [1.82, 2.24) is 10.2 Å². The average Bonchev–Trinajstić information content (AvgIpc) is 2.85. The van der Waals surface area contributed by atoms with Gasteiger partial charge in [0.15, 0.2) is 0 Å². The van der Waals surface area contributed by atoms with Crippen LogP contribution in [0, 0.1) is 0 Å². The smallest absolute Gasteiger partial charge is 0.257 e. The van der Waals surface area contributed by atoms with Gasteiger partial charge in [-0.3, -0.25) is 10.1 Å². The first-order valence-corrected chi connectivity index (χ1v) is 7.83. The van der Waals surface area contributed by atoms with Crippen molar-refractivity contribution in [2.45, 2.75) is 13.3 Å². The summed E-state index contributed by atoms with van der Waals surface area (Å²) >= 11 is 7.34. The van der Waals surface area contributed by atoms with E-state index < -0.39 is 0 Å². The number of halogens is 1. The predicted molar refractivity (Wildman–Crippen MR) is 87.1 cm³/mol. The number of hydrogen-bond acceptors (Lipinski definition) is 5. The van der Waals surface area contributed by atoms with E-state index in [1.54, 1.807) is 30.4 Å². The first-order valence-electron chi connectivity index (χ1n) is 6.64. The number of benzene rings is 1. The van der Waals surface area contributed by atoms with Gasteiger partial charge in [0.25, 0.3) is 5.91 Å². The molecule has 1 N–H and O–H groups in total. The van der Waals surface area contributed by atoms with Gasteiger partial charge in [-0.25, -0.2) is 0 Å². The Morgan fingerprint density at radius 3 is 3.05 bits per heavy atom. The summed E-state index contributed by atoms with van der Waals surface area (Å²) in [5, 5.41) is 12.6. The minimum atomic E-state index is -0.272. The molecule has 0 unspecified atom stereocenters. The molecule has 112 valence electrons. The molecule has 1 aliphatic heterocycles. The number of anilines is 1. The Bertz CT molecular complexity index is 783. The van der Waals surface area contributed by atoms with Crippen molar-refractivity contribution in [2.24, 2.45) is 0 Å². The molecule has 1 aromatic heterocycles. The summed E-state index contributed by atoms with van der Waals surface area (Å²) in [6.45, 7) is 1.99. The average molecular weight is 334 g/mol. The van der Waals surface area contributed by atoms with E-state index in [0.717, 1.165) is 17.0 Å². The summed E-state index contributed by atoms with van der Waals surface area (Å²) in [4.78, 5) is 12.3. The van der Waals surface area contributed by atoms with E-state index >= 15 is 0 Å². The normalized spacial score (nSPS) is 12.9. The Labute approximate surface area is 136 Å². The van der Waals surface area contributed by atoms with Crippen LogP contribution in [0.4, 0.5) is 5.13 Å². The maximum absolute atomic E-state index is 12.3. The molecule has 0 bridgehead atoms. The molecule has 0 saturated carbocycles. The molecule has 0 radical (unpaired) electrons. The summed E-state index contributed by atoms with van der Waals surface area (Å²) in [5.74, 6) is 0.374. The van der Waals surface area contributed by atoms with Crippen LogP contribution < -0.4 is 10.1 Å². The maximum atomic E-state index is 12.3. The minimum absolute atomic E-state index is 0.272. The van der Waals surface area contributed by atoms with Crippen LogP contribution in [-0.4, -0.2) is 16.1 Å². The SMILES string of the molecule is CCc1nnc(NC(=O)C2=Cc3cc(Cl)ccc3OC=C2)s1. The van der Waals surface area contributed by atoms with Gasteiger partial charge in [0.2, 0.25) is 5.13 Å². The first-order chi connectivity index (χ1) is 10.7. The summed E-state index contributed by atoms with van der Waals surface area (Å²) in [7, 11) is 0. The van der Waals surface area contributed by atoms with Crippen LogP contribution in [-0.2, 0) is 11.2 Å². The van der Waals surface area contributed by atoms with Gasteiger partial charge in [0.05, 0.1) is 6.26 Å².